The molecule has 0 aromatic heterocycles. The monoisotopic (exact) mass is 498 g/mol. The molecule has 0 aliphatic carbocycles. The summed E-state index contributed by atoms with van der Waals surface area (Å²) < 4.78 is 52.0. The van der Waals surface area contributed by atoms with Gasteiger partial charge in [-0.15, -0.1) is 0 Å². The Hall–Kier alpha value is -1.94. The van der Waals surface area contributed by atoms with Crippen LogP contribution in [0, 0.1) is 0 Å². The quantitative estimate of drug-likeness (QED) is 0.581. The highest BCUT2D eigenvalue weighted by Gasteiger charge is 2.39. The van der Waals surface area contributed by atoms with Crippen molar-refractivity contribution in [1.29, 1.82) is 0 Å². The minimum Gasteiger partial charge on any atom is -0.346 e. The van der Waals surface area contributed by atoms with Crippen LogP contribution in [-0.4, -0.2) is 45.8 Å². The number of halogens is 1. The fourth-order valence-electron chi connectivity index (χ4n) is 3.72. The highest BCUT2D eigenvalue weighted by atomic mass is 35.5. The first-order valence-corrected chi connectivity index (χ1v) is 14.0. The molecule has 1 aliphatic rings. The average molecular weight is 499 g/mol. The smallest absolute Gasteiger partial charge is 0.253 e. The van der Waals surface area contributed by atoms with Crippen LogP contribution in [0.1, 0.15) is 42.6 Å². The van der Waals surface area contributed by atoms with Crippen molar-refractivity contribution in [3.8, 4) is 0 Å². The van der Waals surface area contributed by atoms with Crippen molar-refractivity contribution in [2.75, 3.05) is 11.5 Å². The van der Waals surface area contributed by atoms with Gasteiger partial charge in [-0.2, -0.15) is 0 Å². The van der Waals surface area contributed by atoms with Gasteiger partial charge in [-0.3, -0.25) is 4.79 Å². The molecule has 7 nitrogen and oxygen atoms in total. The zero-order valence-electron chi connectivity index (χ0n) is 18.0. The lowest BCUT2D eigenvalue weighted by atomic mass is 10.0. The van der Waals surface area contributed by atoms with Crippen LogP contribution >= 0.6 is 11.6 Å². The van der Waals surface area contributed by atoms with Crippen molar-refractivity contribution in [2.45, 2.75) is 49.6 Å². The minimum atomic E-state index is -3.88. The first-order valence-electron chi connectivity index (χ1n) is 10.3. The van der Waals surface area contributed by atoms with Gasteiger partial charge in [-0.25, -0.2) is 21.6 Å². The zero-order valence-corrected chi connectivity index (χ0v) is 20.4. The lowest BCUT2D eigenvalue weighted by Gasteiger charge is -2.24. The lowest BCUT2D eigenvalue weighted by molar-refractivity contribution is 0.0915. The fourth-order valence-corrected chi connectivity index (χ4v) is 7.32. The summed E-state index contributed by atoms with van der Waals surface area (Å²) in [5.74, 6) is -0.776. The van der Waals surface area contributed by atoms with Gasteiger partial charge in [0, 0.05) is 6.04 Å². The van der Waals surface area contributed by atoms with Crippen LogP contribution in [0.25, 0.3) is 0 Å². The Morgan fingerprint density at radius 1 is 1.19 bits per heavy atom. The molecule has 1 aliphatic heterocycles. The van der Waals surface area contributed by atoms with E-state index in [0.29, 0.717) is 6.42 Å². The van der Waals surface area contributed by atoms with Crippen molar-refractivity contribution >= 4 is 37.4 Å². The molecule has 3 rings (SSSR count). The third kappa shape index (κ3) is 6.31. The molecular formula is C22H27ClN2O5S2. The summed E-state index contributed by atoms with van der Waals surface area (Å²) in [6, 6.07) is 13.4. The number of sulfone groups is 1. The Balaban J connectivity index is 1.71. The summed E-state index contributed by atoms with van der Waals surface area (Å²) in [6.07, 6.45) is 1.62. The maximum Gasteiger partial charge on any atom is 0.253 e. The van der Waals surface area contributed by atoms with E-state index in [4.69, 9.17) is 11.6 Å². The number of benzene rings is 2. The molecule has 0 unspecified atom stereocenters. The summed E-state index contributed by atoms with van der Waals surface area (Å²) in [4.78, 5) is 12.7. The largest absolute Gasteiger partial charge is 0.346 e. The molecule has 2 aromatic rings. The van der Waals surface area contributed by atoms with Gasteiger partial charge < -0.3 is 5.32 Å². The van der Waals surface area contributed by atoms with E-state index in [2.05, 4.69) is 10.0 Å². The third-order valence-corrected chi connectivity index (χ3v) is 9.30. The molecule has 1 heterocycles. The molecule has 0 radical (unpaired) electrons. The molecule has 1 amide bonds. The van der Waals surface area contributed by atoms with Crippen LogP contribution < -0.4 is 10.0 Å². The Labute approximate surface area is 194 Å². The average Bonchev–Trinajstić information content (AvgIpc) is 2.99. The van der Waals surface area contributed by atoms with Gasteiger partial charge in [0.15, 0.2) is 9.84 Å². The van der Waals surface area contributed by atoms with Gasteiger partial charge >= 0.3 is 0 Å². The summed E-state index contributed by atoms with van der Waals surface area (Å²) in [5, 5.41) is 2.79. The molecule has 32 heavy (non-hydrogen) atoms. The van der Waals surface area contributed by atoms with E-state index in [-0.39, 0.29) is 39.4 Å². The van der Waals surface area contributed by atoms with E-state index < -0.39 is 31.3 Å². The summed E-state index contributed by atoms with van der Waals surface area (Å²) in [5.41, 5.74) is 0.182. The van der Waals surface area contributed by atoms with Crippen molar-refractivity contribution in [3.63, 3.8) is 0 Å². The lowest BCUT2D eigenvalue weighted by Crippen LogP contribution is -2.47. The maximum absolute atomic E-state index is 12.9. The molecule has 10 heteroatoms. The van der Waals surface area contributed by atoms with Gasteiger partial charge in [0.25, 0.3) is 5.91 Å². The Bertz CT molecular complexity index is 1200. The topological polar surface area (TPSA) is 109 Å². The van der Waals surface area contributed by atoms with Crippen LogP contribution in [0.3, 0.4) is 0 Å². The number of hydrogen-bond donors (Lipinski definition) is 2. The fraction of sp³-hybridized carbons (Fsp3) is 0.409. The van der Waals surface area contributed by atoms with Gasteiger partial charge in [0.1, 0.15) is 0 Å². The molecular weight excluding hydrogens is 472 g/mol. The van der Waals surface area contributed by atoms with Crippen molar-refractivity contribution in [2.24, 2.45) is 0 Å². The number of amides is 1. The first-order chi connectivity index (χ1) is 14.9. The SMILES string of the molecule is C[C@H](CCc1ccccc1)NS(=O)(=O)c1ccc(Cl)c(C(=O)N[C@]2(C)CCS(=O)(=O)C2)c1. The molecule has 2 aromatic carbocycles. The molecule has 1 fully saturated rings. The van der Waals surface area contributed by atoms with E-state index in [9.17, 15) is 21.6 Å². The van der Waals surface area contributed by atoms with Gasteiger partial charge in [0.2, 0.25) is 10.0 Å². The molecule has 1 saturated heterocycles. The van der Waals surface area contributed by atoms with Gasteiger partial charge in [0.05, 0.1) is 32.5 Å². The molecule has 0 bridgehead atoms. The van der Waals surface area contributed by atoms with E-state index in [0.717, 1.165) is 12.0 Å². The van der Waals surface area contributed by atoms with Crippen LogP contribution in [0.2, 0.25) is 5.02 Å². The Kier molecular flexibility index (Phi) is 7.34. The van der Waals surface area contributed by atoms with E-state index in [1.807, 2.05) is 30.3 Å². The molecule has 174 valence electrons. The number of sulfonamides is 1. The van der Waals surface area contributed by atoms with Crippen molar-refractivity contribution in [1.82, 2.24) is 10.0 Å². The van der Waals surface area contributed by atoms with Crippen LogP contribution in [0.15, 0.2) is 53.4 Å². The predicted molar refractivity (Wildman–Crippen MR) is 125 cm³/mol. The molecule has 2 atom stereocenters. The van der Waals surface area contributed by atoms with Crippen LogP contribution in [0.4, 0.5) is 0 Å². The Morgan fingerprint density at radius 3 is 2.50 bits per heavy atom. The highest BCUT2D eigenvalue weighted by Crippen LogP contribution is 2.26. The third-order valence-electron chi connectivity index (χ3n) is 5.48. The van der Waals surface area contributed by atoms with Crippen molar-refractivity contribution < 1.29 is 21.6 Å². The molecule has 2 N–H and O–H groups in total. The number of nitrogens with one attached hydrogen (secondary N) is 2. The predicted octanol–water partition coefficient (Wildman–Crippen LogP) is 2.95. The summed E-state index contributed by atoms with van der Waals surface area (Å²) >= 11 is 6.16. The van der Waals surface area contributed by atoms with E-state index in [1.54, 1.807) is 13.8 Å². The maximum atomic E-state index is 12.9. The number of aryl methyl sites for hydroxylation is 1. The van der Waals surface area contributed by atoms with Gasteiger partial charge in [-0.1, -0.05) is 41.9 Å². The Morgan fingerprint density at radius 2 is 1.88 bits per heavy atom. The summed E-state index contributed by atoms with van der Waals surface area (Å²) in [7, 11) is -7.10. The number of rotatable bonds is 8. The normalized spacial score (nSPS) is 21.2. The number of hydrogen-bond acceptors (Lipinski definition) is 5. The number of carbonyl (C=O) groups excluding carboxylic acids is 1. The molecule has 0 saturated carbocycles. The zero-order chi connectivity index (χ0) is 23.6. The number of carbonyl (C=O) groups is 1. The van der Waals surface area contributed by atoms with E-state index >= 15 is 0 Å². The second kappa shape index (κ2) is 9.51. The standard InChI is InChI=1S/C22H27ClN2O5S2/c1-16(8-9-17-6-4-3-5-7-17)25-32(29,30)18-10-11-20(23)19(14-18)21(26)24-22(2)12-13-31(27,28)15-22/h3-7,10-11,14,16,25H,8-9,12-13,15H2,1-2H3,(H,24,26)/t16-,22-/m1/s1. The minimum absolute atomic E-state index is 0.00325. The summed E-state index contributed by atoms with van der Waals surface area (Å²) in [6.45, 7) is 3.44. The molecule has 0 spiro atoms. The van der Waals surface area contributed by atoms with Crippen molar-refractivity contribution in [3.05, 3.63) is 64.7 Å². The first kappa shape index (κ1) is 24.7. The van der Waals surface area contributed by atoms with Crippen LogP contribution in [-0.2, 0) is 26.3 Å². The van der Waals surface area contributed by atoms with Gasteiger partial charge in [-0.05, 0) is 56.9 Å². The highest BCUT2D eigenvalue weighted by molar-refractivity contribution is 7.91. The second-order valence-corrected chi connectivity index (χ2v) is 12.9. The van der Waals surface area contributed by atoms with E-state index in [1.165, 1.54) is 18.2 Å². The van der Waals surface area contributed by atoms with Crippen LogP contribution in [0.5, 0.6) is 0 Å². The second-order valence-electron chi connectivity index (χ2n) is 8.55.